The first-order valence-electron chi connectivity index (χ1n) is 5.62. The largest absolute Gasteiger partial charge is 0.463 e. The lowest BCUT2D eigenvalue weighted by Gasteiger charge is -2.05. The highest BCUT2D eigenvalue weighted by Gasteiger charge is 2.10. The summed E-state index contributed by atoms with van der Waals surface area (Å²) in [7, 11) is 0. The molecule has 0 unspecified atom stereocenters. The van der Waals surface area contributed by atoms with Crippen molar-refractivity contribution in [3.8, 4) is 0 Å². The lowest BCUT2D eigenvalue weighted by molar-refractivity contribution is -0.138. The smallest absolute Gasteiger partial charge is 0.333 e. The van der Waals surface area contributed by atoms with E-state index < -0.39 is 0 Å². The molecule has 0 bridgehead atoms. The summed E-state index contributed by atoms with van der Waals surface area (Å²) in [6.45, 7) is 5.94. The van der Waals surface area contributed by atoms with Crippen molar-refractivity contribution >= 4 is 11.5 Å². The number of nitrogens with zero attached hydrogens (tertiary/aromatic N) is 1. The molecule has 17 heavy (non-hydrogen) atoms. The zero-order valence-electron chi connectivity index (χ0n) is 9.85. The predicted octanol–water partition coefficient (Wildman–Crippen LogP) is 2.60. The molecular formula is C14H15NO2. The summed E-state index contributed by atoms with van der Waals surface area (Å²) in [5, 5.41) is 0. The first-order valence-corrected chi connectivity index (χ1v) is 5.62. The Labute approximate surface area is 100 Å². The second kappa shape index (κ2) is 4.87. The number of carbonyl (C=O) groups excluding carboxylic acids is 1. The number of hydrogen-bond acceptors (Lipinski definition) is 2. The number of esters is 1. The van der Waals surface area contributed by atoms with Gasteiger partial charge in [0.1, 0.15) is 0 Å². The van der Waals surface area contributed by atoms with E-state index in [1.165, 1.54) is 0 Å². The molecular weight excluding hydrogens is 214 g/mol. The number of rotatable bonds is 4. The third kappa shape index (κ3) is 2.38. The number of hydrogen-bond donors (Lipinski definition) is 0. The van der Waals surface area contributed by atoms with E-state index in [9.17, 15) is 4.79 Å². The predicted molar refractivity (Wildman–Crippen MR) is 66.9 cm³/mol. The molecule has 0 aliphatic heterocycles. The molecule has 0 N–H and O–H groups in total. The van der Waals surface area contributed by atoms with Crippen LogP contribution in [-0.4, -0.2) is 17.0 Å². The van der Waals surface area contributed by atoms with Gasteiger partial charge in [-0.1, -0.05) is 12.6 Å². The quantitative estimate of drug-likeness (QED) is 0.596. The number of ether oxygens (including phenoxy) is 1. The van der Waals surface area contributed by atoms with Gasteiger partial charge in [-0.2, -0.15) is 0 Å². The van der Waals surface area contributed by atoms with Gasteiger partial charge in [-0.15, -0.1) is 0 Å². The lowest BCUT2D eigenvalue weighted by Crippen LogP contribution is -2.09. The zero-order chi connectivity index (χ0) is 12.3. The maximum atomic E-state index is 11.5. The highest BCUT2D eigenvalue weighted by molar-refractivity contribution is 5.88. The molecule has 2 rings (SSSR count). The van der Waals surface area contributed by atoms with Crippen LogP contribution in [0.25, 0.3) is 5.52 Å². The van der Waals surface area contributed by atoms with Crippen molar-refractivity contribution in [1.29, 1.82) is 0 Å². The van der Waals surface area contributed by atoms with Crippen LogP contribution in [-0.2, 0) is 16.0 Å². The normalized spacial score (nSPS) is 10.4. The Kier molecular flexibility index (Phi) is 3.28. The summed E-state index contributed by atoms with van der Waals surface area (Å²) in [4.78, 5) is 11.5. The molecule has 0 saturated heterocycles. The number of aromatic nitrogens is 1. The van der Waals surface area contributed by atoms with Crippen molar-refractivity contribution in [1.82, 2.24) is 4.40 Å². The molecule has 2 aromatic heterocycles. The standard InChI is InChI=1S/C14H15NO2/c1-3-17-14(16)11(2)10-13-8-7-12-6-4-5-9-15(12)13/h4-9H,2-3,10H2,1H3. The number of fused-ring (bicyclic) bond motifs is 1. The average Bonchev–Trinajstić information content (AvgIpc) is 2.73. The lowest BCUT2D eigenvalue weighted by atomic mass is 10.2. The summed E-state index contributed by atoms with van der Waals surface area (Å²) < 4.78 is 6.96. The molecule has 0 aromatic carbocycles. The van der Waals surface area contributed by atoms with Gasteiger partial charge in [-0.05, 0) is 31.2 Å². The van der Waals surface area contributed by atoms with Crippen LogP contribution in [0.4, 0.5) is 0 Å². The molecule has 0 aliphatic carbocycles. The molecule has 0 spiro atoms. The van der Waals surface area contributed by atoms with Gasteiger partial charge >= 0.3 is 5.97 Å². The van der Waals surface area contributed by atoms with Gasteiger partial charge < -0.3 is 9.14 Å². The van der Waals surface area contributed by atoms with Crippen molar-refractivity contribution in [3.05, 3.63) is 54.4 Å². The molecule has 2 heterocycles. The minimum Gasteiger partial charge on any atom is -0.463 e. The topological polar surface area (TPSA) is 30.7 Å². The summed E-state index contributed by atoms with van der Waals surface area (Å²) in [6.07, 6.45) is 2.49. The molecule has 0 fully saturated rings. The van der Waals surface area contributed by atoms with Crippen LogP contribution in [0.5, 0.6) is 0 Å². The molecule has 0 aliphatic rings. The van der Waals surface area contributed by atoms with E-state index in [0.717, 1.165) is 11.2 Å². The summed E-state index contributed by atoms with van der Waals surface area (Å²) in [5.74, 6) is -0.321. The van der Waals surface area contributed by atoms with Gasteiger partial charge in [0.25, 0.3) is 0 Å². The minimum atomic E-state index is -0.321. The van der Waals surface area contributed by atoms with E-state index in [1.807, 2.05) is 40.9 Å². The number of pyridine rings is 1. The van der Waals surface area contributed by atoms with Gasteiger partial charge in [-0.3, -0.25) is 0 Å². The molecule has 3 heteroatoms. The minimum absolute atomic E-state index is 0.321. The molecule has 2 aromatic rings. The van der Waals surface area contributed by atoms with Crippen molar-refractivity contribution in [2.24, 2.45) is 0 Å². The molecule has 3 nitrogen and oxygen atoms in total. The van der Waals surface area contributed by atoms with Gasteiger partial charge in [0.2, 0.25) is 0 Å². The highest BCUT2D eigenvalue weighted by Crippen LogP contribution is 2.13. The first-order chi connectivity index (χ1) is 8.22. The van der Waals surface area contributed by atoms with Crippen LogP contribution >= 0.6 is 0 Å². The Morgan fingerprint density at radius 3 is 2.94 bits per heavy atom. The third-order valence-electron chi connectivity index (χ3n) is 2.61. The van der Waals surface area contributed by atoms with E-state index in [4.69, 9.17) is 4.74 Å². The van der Waals surface area contributed by atoms with Crippen molar-refractivity contribution in [2.75, 3.05) is 6.61 Å². The van der Waals surface area contributed by atoms with Gasteiger partial charge in [0.15, 0.2) is 0 Å². The van der Waals surface area contributed by atoms with Crippen molar-refractivity contribution in [2.45, 2.75) is 13.3 Å². The molecule has 0 atom stereocenters. The van der Waals surface area contributed by atoms with Gasteiger partial charge in [0.05, 0.1) is 6.61 Å². The van der Waals surface area contributed by atoms with Crippen LogP contribution in [0, 0.1) is 0 Å². The summed E-state index contributed by atoms with van der Waals surface area (Å²) in [6, 6.07) is 9.99. The zero-order valence-corrected chi connectivity index (χ0v) is 9.85. The Balaban J connectivity index is 2.19. The van der Waals surface area contributed by atoms with E-state index in [-0.39, 0.29) is 5.97 Å². The fourth-order valence-corrected chi connectivity index (χ4v) is 1.78. The van der Waals surface area contributed by atoms with Gasteiger partial charge in [-0.25, -0.2) is 4.79 Å². The maximum Gasteiger partial charge on any atom is 0.333 e. The Morgan fingerprint density at radius 1 is 1.35 bits per heavy atom. The van der Waals surface area contributed by atoms with Gasteiger partial charge in [0, 0.05) is 29.4 Å². The van der Waals surface area contributed by atoms with Crippen LogP contribution < -0.4 is 0 Å². The monoisotopic (exact) mass is 229 g/mol. The highest BCUT2D eigenvalue weighted by atomic mass is 16.5. The SMILES string of the molecule is C=C(Cc1ccc2ccccn12)C(=O)OCC. The van der Waals surface area contributed by atoms with Crippen LogP contribution in [0.1, 0.15) is 12.6 Å². The first kappa shape index (κ1) is 11.5. The molecule has 88 valence electrons. The van der Waals surface area contributed by atoms with E-state index in [2.05, 4.69) is 6.58 Å². The maximum absolute atomic E-state index is 11.5. The van der Waals surface area contributed by atoms with Crippen LogP contribution in [0.15, 0.2) is 48.7 Å². The van der Waals surface area contributed by atoms with E-state index >= 15 is 0 Å². The average molecular weight is 229 g/mol. The Morgan fingerprint density at radius 2 is 2.18 bits per heavy atom. The Bertz CT molecular complexity index is 554. The van der Waals surface area contributed by atoms with Crippen LogP contribution in [0.2, 0.25) is 0 Å². The molecule has 0 radical (unpaired) electrons. The second-order valence-corrected chi connectivity index (χ2v) is 3.82. The van der Waals surface area contributed by atoms with Crippen molar-refractivity contribution < 1.29 is 9.53 Å². The number of carbonyl (C=O) groups is 1. The molecule has 0 amide bonds. The fraction of sp³-hybridized carbons (Fsp3) is 0.214. The summed E-state index contributed by atoms with van der Waals surface area (Å²) >= 11 is 0. The van der Waals surface area contributed by atoms with E-state index in [0.29, 0.717) is 18.6 Å². The third-order valence-corrected chi connectivity index (χ3v) is 2.61. The Hall–Kier alpha value is -2.03. The fourth-order valence-electron chi connectivity index (χ4n) is 1.78. The second-order valence-electron chi connectivity index (χ2n) is 3.82. The van der Waals surface area contributed by atoms with Crippen LogP contribution in [0.3, 0.4) is 0 Å². The summed E-state index contributed by atoms with van der Waals surface area (Å²) in [5.41, 5.74) is 2.63. The molecule has 0 saturated carbocycles. The van der Waals surface area contributed by atoms with E-state index in [1.54, 1.807) is 6.92 Å². The van der Waals surface area contributed by atoms with Crippen molar-refractivity contribution in [3.63, 3.8) is 0 Å².